The number of nitrogens with zero attached hydrogens (tertiary/aromatic N) is 5. The minimum atomic E-state index is -0.159. The Bertz CT molecular complexity index is 830. The maximum absolute atomic E-state index is 14.0. The highest BCUT2D eigenvalue weighted by molar-refractivity contribution is 14.0. The van der Waals surface area contributed by atoms with Gasteiger partial charge in [0.25, 0.3) is 0 Å². The van der Waals surface area contributed by atoms with Crippen LogP contribution >= 0.6 is 24.0 Å². The van der Waals surface area contributed by atoms with E-state index in [9.17, 15) is 4.39 Å². The number of anilines is 2. The standard InChI is InChI=1S/C22H29FN6.HI/c1-24-22(26-17-18-8-9-21(25-16-18)28-10-4-5-11-28)29-14-12-27(13-15-29)20-7-3-2-6-19(20)23;/h2-3,6-9,16H,4-5,10-15,17H2,1H3,(H,24,26);1H. The third-order valence-electron chi connectivity index (χ3n) is 5.67. The highest BCUT2D eigenvalue weighted by atomic mass is 127. The maximum Gasteiger partial charge on any atom is 0.194 e. The molecule has 2 aromatic rings. The molecule has 1 aromatic heterocycles. The molecule has 0 saturated carbocycles. The Morgan fingerprint density at radius 1 is 1.00 bits per heavy atom. The molecule has 0 amide bonds. The third kappa shape index (κ3) is 5.33. The van der Waals surface area contributed by atoms with Crippen molar-refractivity contribution in [2.24, 2.45) is 4.99 Å². The van der Waals surface area contributed by atoms with Gasteiger partial charge in [-0.15, -0.1) is 24.0 Å². The Morgan fingerprint density at radius 3 is 2.37 bits per heavy atom. The fourth-order valence-corrected chi connectivity index (χ4v) is 4.04. The number of pyridine rings is 1. The molecule has 0 unspecified atom stereocenters. The number of aromatic nitrogens is 1. The first-order valence-electron chi connectivity index (χ1n) is 10.4. The molecule has 3 heterocycles. The highest BCUT2D eigenvalue weighted by Crippen LogP contribution is 2.20. The zero-order valence-electron chi connectivity index (χ0n) is 17.4. The predicted octanol–water partition coefficient (Wildman–Crippen LogP) is 3.34. The van der Waals surface area contributed by atoms with Crippen LogP contribution < -0.4 is 15.1 Å². The number of guanidine groups is 1. The van der Waals surface area contributed by atoms with Gasteiger partial charge < -0.3 is 20.0 Å². The fourth-order valence-electron chi connectivity index (χ4n) is 4.04. The van der Waals surface area contributed by atoms with Crippen LogP contribution in [0.4, 0.5) is 15.9 Å². The van der Waals surface area contributed by atoms with Crippen LogP contribution in [0.3, 0.4) is 0 Å². The molecule has 30 heavy (non-hydrogen) atoms. The molecule has 2 aliphatic heterocycles. The number of nitrogens with one attached hydrogen (secondary N) is 1. The van der Waals surface area contributed by atoms with Crippen LogP contribution in [0.25, 0.3) is 0 Å². The van der Waals surface area contributed by atoms with Gasteiger partial charge in [-0.1, -0.05) is 18.2 Å². The average molecular weight is 524 g/mol. The number of rotatable bonds is 4. The van der Waals surface area contributed by atoms with Gasteiger partial charge in [0.2, 0.25) is 0 Å². The van der Waals surface area contributed by atoms with Crippen LogP contribution in [0.15, 0.2) is 47.6 Å². The van der Waals surface area contributed by atoms with Crippen molar-refractivity contribution in [2.75, 3.05) is 56.1 Å². The minimum Gasteiger partial charge on any atom is -0.366 e. The summed E-state index contributed by atoms with van der Waals surface area (Å²) in [6.45, 7) is 6.06. The number of para-hydroxylation sites is 1. The average Bonchev–Trinajstić information content (AvgIpc) is 3.30. The van der Waals surface area contributed by atoms with Crippen LogP contribution in [0.2, 0.25) is 0 Å². The van der Waals surface area contributed by atoms with E-state index in [1.807, 2.05) is 18.3 Å². The summed E-state index contributed by atoms with van der Waals surface area (Å²) in [6, 6.07) is 11.2. The molecule has 8 heteroatoms. The summed E-state index contributed by atoms with van der Waals surface area (Å²) in [5.41, 5.74) is 1.82. The van der Waals surface area contributed by atoms with E-state index < -0.39 is 0 Å². The summed E-state index contributed by atoms with van der Waals surface area (Å²) >= 11 is 0. The Morgan fingerprint density at radius 2 is 1.73 bits per heavy atom. The summed E-state index contributed by atoms with van der Waals surface area (Å²) in [7, 11) is 1.81. The molecule has 162 valence electrons. The zero-order chi connectivity index (χ0) is 20.1. The minimum absolute atomic E-state index is 0. The molecule has 2 saturated heterocycles. The van der Waals surface area contributed by atoms with E-state index in [-0.39, 0.29) is 29.8 Å². The fraction of sp³-hybridized carbons (Fsp3) is 0.455. The molecule has 0 aliphatic carbocycles. The van der Waals surface area contributed by atoms with E-state index in [0.717, 1.165) is 56.6 Å². The van der Waals surface area contributed by atoms with E-state index in [2.05, 4.69) is 42.1 Å². The quantitative estimate of drug-likeness (QED) is 0.378. The molecule has 1 N–H and O–H groups in total. The van der Waals surface area contributed by atoms with Crippen LogP contribution in [0.5, 0.6) is 0 Å². The largest absolute Gasteiger partial charge is 0.366 e. The second kappa shape index (κ2) is 10.8. The summed E-state index contributed by atoms with van der Waals surface area (Å²) in [6.07, 6.45) is 4.46. The Balaban J connectivity index is 0.00000256. The maximum atomic E-state index is 14.0. The van der Waals surface area contributed by atoms with Gasteiger partial charge in [0.05, 0.1) is 5.69 Å². The predicted molar refractivity (Wildman–Crippen MR) is 131 cm³/mol. The Hall–Kier alpha value is -2.10. The molecule has 0 spiro atoms. The monoisotopic (exact) mass is 524 g/mol. The van der Waals surface area contributed by atoms with E-state index in [1.54, 1.807) is 13.1 Å². The van der Waals surface area contributed by atoms with Gasteiger partial charge in [-0.2, -0.15) is 0 Å². The van der Waals surface area contributed by atoms with Crippen LogP contribution in [0.1, 0.15) is 18.4 Å². The van der Waals surface area contributed by atoms with Crippen LogP contribution in [-0.2, 0) is 6.54 Å². The zero-order valence-corrected chi connectivity index (χ0v) is 19.8. The third-order valence-corrected chi connectivity index (χ3v) is 5.67. The molecule has 6 nitrogen and oxygen atoms in total. The highest BCUT2D eigenvalue weighted by Gasteiger charge is 2.21. The molecular formula is C22H30FIN6. The van der Waals surface area contributed by atoms with Gasteiger partial charge in [0, 0.05) is 59.1 Å². The summed E-state index contributed by atoms with van der Waals surface area (Å²) in [5, 5.41) is 3.44. The van der Waals surface area contributed by atoms with Crippen molar-refractivity contribution >= 4 is 41.4 Å². The van der Waals surface area contributed by atoms with Crippen molar-refractivity contribution in [1.29, 1.82) is 0 Å². The summed E-state index contributed by atoms with van der Waals surface area (Å²) in [5.74, 6) is 1.79. The van der Waals surface area contributed by atoms with Crippen molar-refractivity contribution in [3.63, 3.8) is 0 Å². The number of piperazine rings is 1. The smallest absolute Gasteiger partial charge is 0.194 e. The second-order valence-electron chi connectivity index (χ2n) is 7.55. The van der Waals surface area contributed by atoms with Crippen LogP contribution in [-0.4, -0.2) is 62.2 Å². The SMILES string of the molecule is CN=C(NCc1ccc(N2CCCC2)nc1)N1CCN(c2ccccc2F)CC1.I. The molecule has 0 radical (unpaired) electrons. The van der Waals surface area contributed by atoms with E-state index in [0.29, 0.717) is 12.2 Å². The van der Waals surface area contributed by atoms with Crippen molar-refractivity contribution in [3.05, 3.63) is 54.0 Å². The lowest BCUT2D eigenvalue weighted by Crippen LogP contribution is -2.52. The lowest BCUT2D eigenvalue weighted by molar-refractivity contribution is 0.370. The molecule has 2 aliphatic rings. The number of benzene rings is 1. The van der Waals surface area contributed by atoms with Crippen LogP contribution in [0, 0.1) is 5.82 Å². The summed E-state index contributed by atoms with van der Waals surface area (Å²) < 4.78 is 14.0. The first-order valence-corrected chi connectivity index (χ1v) is 10.4. The molecule has 1 aromatic carbocycles. The topological polar surface area (TPSA) is 47.0 Å². The Kier molecular flexibility index (Phi) is 8.12. The van der Waals surface area contributed by atoms with Crippen molar-refractivity contribution in [1.82, 2.24) is 15.2 Å². The first-order chi connectivity index (χ1) is 14.2. The molecule has 0 atom stereocenters. The van der Waals surface area contributed by atoms with Gasteiger partial charge in [-0.3, -0.25) is 4.99 Å². The number of hydrogen-bond donors (Lipinski definition) is 1. The normalized spacial score (nSPS) is 17.1. The van der Waals surface area contributed by atoms with E-state index in [1.165, 1.54) is 18.9 Å². The first kappa shape index (κ1) is 22.6. The molecule has 2 fully saturated rings. The van der Waals surface area contributed by atoms with Crippen molar-refractivity contribution in [2.45, 2.75) is 19.4 Å². The second-order valence-corrected chi connectivity index (χ2v) is 7.55. The van der Waals surface area contributed by atoms with Crippen molar-refractivity contribution < 1.29 is 4.39 Å². The van der Waals surface area contributed by atoms with Gasteiger partial charge >= 0.3 is 0 Å². The van der Waals surface area contributed by atoms with Gasteiger partial charge in [0.15, 0.2) is 5.96 Å². The number of aliphatic imine (C=N–C) groups is 1. The lowest BCUT2D eigenvalue weighted by atomic mass is 10.2. The van der Waals surface area contributed by atoms with E-state index in [4.69, 9.17) is 0 Å². The van der Waals surface area contributed by atoms with Gasteiger partial charge in [0.1, 0.15) is 11.6 Å². The molecular weight excluding hydrogens is 494 g/mol. The number of halogens is 2. The number of hydrogen-bond acceptors (Lipinski definition) is 4. The summed E-state index contributed by atoms with van der Waals surface area (Å²) in [4.78, 5) is 15.7. The van der Waals surface area contributed by atoms with Gasteiger partial charge in [-0.25, -0.2) is 9.37 Å². The Labute approximate surface area is 195 Å². The lowest BCUT2D eigenvalue weighted by Gasteiger charge is -2.37. The van der Waals surface area contributed by atoms with Crippen molar-refractivity contribution in [3.8, 4) is 0 Å². The van der Waals surface area contributed by atoms with Gasteiger partial charge in [-0.05, 0) is 36.6 Å². The van der Waals surface area contributed by atoms with E-state index >= 15 is 0 Å². The molecule has 4 rings (SSSR count). The molecule has 0 bridgehead atoms.